The zero-order valence-corrected chi connectivity index (χ0v) is 7.44. The molecule has 0 spiro atoms. The molecule has 1 aromatic heterocycles. The van der Waals surface area contributed by atoms with E-state index >= 15 is 0 Å². The van der Waals surface area contributed by atoms with Gasteiger partial charge in [-0.05, 0) is 0 Å². The fourth-order valence-corrected chi connectivity index (χ4v) is 0.932. The molecule has 0 radical (unpaired) electrons. The molecule has 0 amide bonds. The Morgan fingerprint density at radius 3 is 2.00 bits per heavy atom. The summed E-state index contributed by atoms with van der Waals surface area (Å²) in [7, 11) is 2.86. The van der Waals surface area contributed by atoms with Gasteiger partial charge in [0.2, 0.25) is 17.7 Å². The molecular weight excluding hydrogens is 174 g/mol. The van der Waals surface area contributed by atoms with Crippen molar-refractivity contribution in [2.75, 3.05) is 20.0 Å². The van der Waals surface area contributed by atoms with Crippen LogP contribution in [0.15, 0.2) is 0 Å². The normalized spacial score (nSPS) is 9.77. The Morgan fingerprint density at radius 1 is 1.23 bits per heavy atom. The molecule has 1 aromatic rings. The fraction of sp³-hybridized carbons (Fsp3) is 0.429. The minimum Gasteiger partial charge on any atom is -0.481 e. The van der Waals surface area contributed by atoms with Crippen molar-refractivity contribution in [2.45, 2.75) is 6.61 Å². The van der Waals surface area contributed by atoms with Crippen LogP contribution in [0.2, 0.25) is 0 Å². The molecule has 0 saturated heterocycles. The van der Waals surface area contributed by atoms with Gasteiger partial charge in [-0.3, -0.25) is 0 Å². The van der Waals surface area contributed by atoms with E-state index in [1.54, 1.807) is 0 Å². The molecule has 0 bridgehead atoms. The van der Waals surface area contributed by atoms with E-state index in [9.17, 15) is 0 Å². The summed E-state index contributed by atoms with van der Waals surface area (Å²) in [6.07, 6.45) is 0. The lowest BCUT2D eigenvalue weighted by Crippen LogP contribution is -2.05. The highest BCUT2D eigenvalue weighted by Crippen LogP contribution is 2.24. The van der Waals surface area contributed by atoms with E-state index < -0.39 is 0 Å². The summed E-state index contributed by atoms with van der Waals surface area (Å²) in [6, 6.07) is 0. The number of aliphatic hydroxyl groups is 1. The molecule has 0 unspecified atom stereocenters. The van der Waals surface area contributed by atoms with Crippen LogP contribution < -0.4 is 15.2 Å². The van der Waals surface area contributed by atoms with E-state index in [2.05, 4.69) is 9.97 Å². The lowest BCUT2D eigenvalue weighted by molar-refractivity contribution is 0.260. The average molecular weight is 185 g/mol. The van der Waals surface area contributed by atoms with Crippen molar-refractivity contribution in [2.24, 2.45) is 0 Å². The molecule has 6 nitrogen and oxygen atoms in total. The molecule has 0 aromatic carbocycles. The maximum Gasteiger partial charge on any atom is 0.227 e. The van der Waals surface area contributed by atoms with E-state index in [1.807, 2.05) is 0 Å². The van der Waals surface area contributed by atoms with Crippen molar-refractivity contribution in [3.63, 3.8) is 0 Å². The number of nitrogens with zero attached hydrogens (tertiary/aromatic N) is 2. The van der Waals surface area contributed by atoms with Crippen molar-refractivity contribution in [3.8, 4) is 11.8 Å². The Kier molecular flexibility index (Phi) is 2.86. The number of aliphatic hydroxyl groups excluding tert-OH is 1. The number of nitrogen functional groups attached to an aromatic ring is 1. The molecule has 0 fully saturated rings. The number of rotatable bonds is 3. The lowest BCUT2D eigenvalue weighted by atomic mass is 10.3. The Balaban J connectivity index is 3.25. The largest absolute Gasteiger partial charge is 0.481 e. The molecule has 1 heterocycles. The average Bonchev–Trinajstić information content (AvgIpc) is 2.16. The molecule has 0 aliphatic rings. The highest BCUT2D eigenvalue weighted by atomic mass is 16.5. The van der Waals surface area contributed by atoms with Gasteiger partial charge in [0.05, 0.1) is 20.8 Å². The van der Waals surface area contributed by atoms with Crippen molar-refractivity contribution in [3.05, 3.63) is 5.56 Å². The molecule has 1 rings (SSSR count). The Bertz CT molecular complexity index is 278. The summed E-state index contributed by atoms with van der Waals surface area (Å²) in [5.74, 6) is 0.504. The fourth-order valence-electron chi connectivity index (χ4n) is 0.932. The summed E-state index contributed by atoms with van der Waals surface area (Å²) in [5, 5.41) is 8.97. The monoisotopic (exact) mass is 185 g/mol. The maximum absolute atomic E-state index is 8.97. The zero-order chi connectivity index (χ0) is 9.84. The number of methoxy groups -OCH3 is 2. The van der Waals surface area contributed by atoms with Crippen LogP contribution in [0.3, 0.4) is 0 Å². The van der Waals surface area contributed by atoms with Crippen LogP contribution in [0.5, 0.6) is 11.8 Å². The van der Waals surface area contributed by atoms with E-state index in [4.69, 9.17) is 20.3 Å². The van der Waals surface area contributed by atoms with Gasteiger partial charge in [0.25, 0.3) is 0 Å². The predicted molar refractivity (Wildman–Crippen MR) is 45.5 cm³/mol. The van der Waals surface area contributed by atoms with Crippen molar-refractivity contribution < 1.29 is 14.6 Å². The van der Waals surface area contributed by atoms with Gasteiger partial charge in [-0.25, -0.2) is 0 Å². The molecular formula is C7H11N3O3. The number of anilines is 1. The summed E-state index contributed by atoms with van der Waals surface area (Å²) in [4.78, 5) is 7.55. The first kappa shape index (κ1) is 9.53. The molecule has 0 aliphatic carbocycles. The van der Waals surface area contributed by atoms with E-state index in [-0.39, 0.29) is 24.3 Å². The van der Waals surface area contributed by atoms with Crippen molar-refractivity contribution in [1.82, 2.24) is 9.97 Å². The topological polar surface area (TPSA) is 90.5 Å². The number of aromatic nitrogens is 2. The minimum absolute atomic E-state index is 0.0471. The van der Waals surface area contributed by atoms with Crippen LogP contribution in [0.4, 0.5) is 5.95 Å². The van der Waals surface area contributed by atoms with Gasteiger partial charge in [-0.2, -0.15) is 9.97 Å². The summed E-state index contributed by atoms with van der Waals surface area (Å²) in [6.45, 7) is -0.257. The lowest BCUT2D eigenvalue weighted by Gasteiger charge is -2.09. The molecule has 6 heteroatoms. The van der Waals surface area contributed by atoms with Gasteiger partial charge in [0.1, 0.15) is 5.56 Å². The number of nitrogens with two attached hydrogens (primary N) is 1. The number of hydrogen-bond donors (Lipinski definition) is 2. The van der Waals surface area contributed by atoms with Gasteiger partial charge in [0.15, 0.2) is 0 Å². The second-order valence-corrected chi connectivity index (χ2v) is 2.24. The van der Waals surface area contributed by atoms with Gasteiger partial charge < -0.3 is 20.3 Å². The van der Waals surface area contributed by atoms with Crippen LogP contribution in [-0.2, 0) is 6.61 Å². The maximum atomic E-state index is 8.97. The molecule has 13 heavy (non-hydrogen) atoms. The van der Waals surface area contributed by atoms with Crippen LogP contribution in [-0.4, -0.2) is 29.3 Å². The van der Waals surface area contributed by atoms with E-state index in [0.717, 1.165) is 0 Å². The predicted octanol–water partition coefficient (Wildman–Crippen LogP) is -0.432. The Hall–Kier alpha value is -1.56. The third-order valence-corrected chi connectivity index (χ3v) is 1.49. The van der Waals surface area contributed by atoms with E-state index in [1.165, 1.54) is 14.2 Å². The zero-order valence-electron chi connectivity index (χ0n) is 7.44. The second-order valence-electron chi connectivity index (χ2n) is 2.24. The SMILES string of the molecule is COc1nc(N)nc(OC)c1CO. The summed E-state index contributed by atoms with van der Waals surface area (Å²) < 4.78 is 9.78. The number of hydrogen-bond acceptors (Lipinski definition) is 6. The first-order valence-electron chi connectivity index (χ1n) is 3.58. The van der Waals surface area contributed by atoms with Gasteiger partial charge in [-0.1, -0.05) is 0 Å². The third kappa shape index (κ3) is 1.78. The first-order valence-corrected chi connectivity index (χ1v) is 3.58. The van der Waals surface area contributed by atoms with Crippen molar-refractivity contribution in [1.29, 1.82) is 0 Å². The van der Waals surface area contributed by atoms with Gasteiger partial charge >= 0.3 is 0 Å². The van der Waals surface area contributed by atoms with Gasteiger partial charge in [-0.15, -0.1) is 0 Å². The molecule has 0 saturated carbocycles. The van der Waals surface area contributed by atoms with E-state index in [0.29, 0.717) is 5.56 Å². The van der Waals surface area contributed by atoms with Crippen LogP contribution in [0.25, 0.3) is 0 Å². The molecule has 0 atom stereocenters. The first-order chi connectivity index (χ1) is 6.22. The summed E-state index contributed by atoms with van der Waals surface area (Å²) >= 11 is 0. The highest BCUT2D eigenvalue weighted by molar-refractivity contribution is 5.39. The molecule has 72 valence electrons. The second kappa shape index (κ2) is 3.90. The highest BCUT2D eigenvalue weighted by Gasteiger charge is 2.13. The smallest absolute Gasteiger partial charge is 0.227 e. The quantitative estimate of drug-likeness (QED) is 0.664. The van der Waals surface area contributed by atoms with Crippen LogP contribution in [0.1, 0.15) is 5.56 Å². The van der Waals surface area contributed by atoms with Crippen molar-refractivity contribution >= 4 is 5.95 Å². The summed E-state index contributed by atoms with van der Waals surface area (Å²) in [5.41, 5.74) is 5.76. The Morgan fingerprint density at radius 2 is 1.69 bits per heavy atom. The Labute approximate surface area is 75.3 Å². The third-order valence-electron chi connectivity index (χ3n) is 1.49. The number of ether oxygens (including phenoxy) is 2. The van der Waals surface area contributed by atoms with Gasteiger partial charge in [0, 0.05) is 0 Å². The van der Waals surface area contributed by atoms with Crippen LogP contribution in [0, 0.1) is 0 Å². The minimum atomic E-state index is -0.257. The standard InChI is InChI=1S/C7H11N3O3/c1-12-5-4(3-11)6(13-2)10-7(8)9-5/h11H,3H2,1-2H3,(H2,8,9,10). The van der Waals surface area contributed by atoms with Crippen LogP contribution >= 0.6 is 0 Å². The molecule has 3 N–H and O–H groups in total. The molecule has 0 aliphatic heterocycles.